The Labute approximate surface area is 142 Å². The van der Waals surface area contributed by atoms with E-state index in [1.54, 1.807) is 13.1 Å². The van der Waals surface area contributed by atoms with E-state index in [4.69, 9.17) is 4.74 Å². The summed E-state index contributed by atoms with van der Waals surface area (Å²) in [6.45, 7) is 6.00. The van der Waals surface area contributed by atoms with Gasteiger partial charge in [-0.15, -0.1) is 0 Å². The Kier molecular flexibility index (Phi) is 6.83. The van der Waals surface area contributed by atoms with E-state index in [2.05, 4.69) is 58.7 Å². The molecule has 5 nitrogen and oxygen atoms in total. The van der Waals surface area contributed by atoms with Crippen molar-refractivity contribution in [3.8, 4) is 0 Å². The number of hydrazone groups is 1. The molecule has 0 atom stereocenters. The molecule has 0 aliphatic carbocycles. The van der Waals surface area contributed by atoms with Crippen LogP contribution in [0.3, 0.4) is 0 Å². The SMILES string of the molecule is CCOC(=O)N/N=C/c1ccc(N(CC)Cc2ccccc2)cc1. The fourth-order valence-corrected chi connectivity index (χ4v) is 2.28. The van der Waals surface area contributed by atoms with Gasteiger partial charge in [0.15, 0.2) is 0 Å². The van der Waals surface area contributed by atoms with Gasteiger partial charge in [0, 0.05) is 18.8 Å². The lowest BCUT2D eigenvalue weighted by Gasteiger charge is -2.23. The number of anilines is 1. The van der Waals surface area contributed by atoms with E-state index in [1.807, 2.05) is 18.2 Å². The molecule has 126 valence electrons. The van der Waals surface area contributed by atoms with E-state index >= 15 is 0 Å². The normalized spacial score (nSPS) is 10.6. The number of hydrogen-bond donors (Lipinski definition) is 1. The van der Waals surface area contributed by atoms with Crippen LogP contribution in [0.1, 0.15) is 25.0 Å². The largest absolute Gasteiger partial charge is 0.449 e. The quantitative estimate of drug-likeness (QED) is 0.622. The molecule has 2 aromatic carbocycles. The second kappa shape index (κ2) is 9.35. The van der Waals surface area contributed by atoms with Crippen LogP contribution in [0, 0.1) is 0 Å². The summed E-state index contributed by atoms with van der Waals surface area (Å²) in [5.41, 5.74) is 5.65. The van der Waals surface area contributed by atoms with Gasteiger partial charge in [0.1, 0.15) is 0 Å². The van der Waals surface area contributed by atoms with Crippen molar-refractivity contribution in [2.24, 2.45) is 5.10 Å². The molecule has 0 saturated carbocycles. The zero-order chi connectivity index (χ0) is 17.2. The Hall–Kier alpha value is -2.82. The van der Waals surface area contributed by atoms with Crippen LogP contribution >= 0.6 is 0 Å². The molecule has 0 unspecified atom stereocenters. The molecule has 0 radical (unpaired) electrons. The first-order valence-electron chi connectivity index (χ1n) is 8.07. The summed E-state index contributed by atoms with van der Waals surface area (Å²) in [5.74, 6) is 0. The summed E-state index contributed by atoms with van der Waals surface area (Å²) in [6.07, 6.45) is 1.04. The Balaban J connectivity index is 1.97. The highest BCUT2D eigenvalue weighted by Crippen LogP contribution is 2.17. The summed E-state index contributed by atoms with van der Waals surface area (Å²) in [6, 6.07) is 18.4. The van der Waals surface area contributed by atoms with Gasteiger partial charge < -0.3 is 9.64 Å². The molecule has 2 aromatic rings. The molecule has 0 aliphatic rings. The number of benzene rings is 2. The van der Waals surface area contributed by atoms with Gasteiger partial charge in [-0.2, -0.15) is 5.10 Å². The van der Waals surface area contributed by atoms with Crippen molar-refractivity contribution in [3.05, 3.63) is 65.7 Å². The number of hydrogen-bond acceptors (Lipinski definition) is 4. The van der Waals surface area contributed by atoms with E-state index in [-0.39, 0.29) is 0 Å². The van der Waals surface area contributed by atoms with Gasteiger partial charge in [-0.1, -0.05) is 42.5 Å². The van der Waals surface area contributed by atoms with Crippen LogP contribution < -0.4 is 10.3 Å². The monoisotopic (exact) mass is 325 g/mol. The van der Waals surface area contributed by atoms with Crippen LogP contribution in [-0.2, 0) is 11.3 Å². The first-order valence-corrected chi connectivity index (χ1v) is 8.07. The fourth-order valence-electron chi connectivity index (χ4n) is 2.28. The minimum Gasteiger partial charge on any atom is -0.449 e. The second-order valence-electron chi connectivity index (χ2n) is 5.18. The number of nitrogens with zero attached hydrogens (tertiary/aromatic N) is 2. The molecule has 0 aromatic heterocycles. The van der Waals surface area contributed by atoms with Gasteiger partial charge in [-0.05, 0) is 37.1 Å². The smallest absolute Gasteiger partial charge is 0.427 e. The molecule has 2 rings (SSSR count). The van der Waals surface area contributed by atoms with Crippen LogP contribution in [0.4, 0.5) is 10.5 Å². The van der Waals surface area contributed by atoms with Gasteiger partial charge in [-0.25, -0.2) is 10.2 Å². The molecule has 5 heteroatoms. The number of rotatable bonds is 7. The average molecular weight is 325 g/mol. The van der Waals surface area contributed by atoms with Gasteiger partial charge in [-0.3, -0.25) is 0 Å². The zero-order valence-corrected chi connectivity index (χ0v) is 14.1. The third-order valence-electron chi connectivity index (χ3n) is 3.50. The van der Waals surface area contributed by atoms with Crippen molar-refractivity contribution in [2.75, 3.05) is 18.1 Å². The van der Waals surface area contributed by atoms with Crippen LogP contribution in [0.2, 0.25) is 0 Å². The zero-order valence-electron chi connectivity index (χ0n) is 14.1. The summed E-state index contributed by atoms with van der Waals surface area (Å²) in [5, 5.41) is 3.86. The van der Waals surface area contributed by atoms with E-state index < -0.39 is 6.09 Å². The summed E-state index contributed by atoms with van der Waals surface area (Å²) in [4.78, 5) is 13.4. The molecule has 0 spiro atoms. The molecule has 1 amide bonds. The second-order valence-corrected chi connectivity index (χ2v) is 5.18. The van der Waals surface area contributed by atoms with Crippen molar-refractivity contribution >= 4 is 18.0 Å². The maximum atomic E-state index is 11.1. The average Bonchev–Trinajstić information content (AvgIpc) is 2.61. The molecule has 0 aliphatic heterocycles. The molecule has 0 heterocycles. The summed E-state index contributed by atoms with van der Waals surface area (Å²) in [7, 11) is 0. The van der Waals surface area contributed by atoms with Crippen molar-refractivity contribution in [2.45, 2.75) is 20.4 Å². The molecular weight excluding hydrogens is 302 g/mol. The highest BCUT2D eigenvalue weighted by atomic mass is 16.5. The Bertz CT molecular complexity index is 654. The number of ether oxygens (including phenoxy) is 1. The predicted molar refractivity (Wildman–Crippen MR) is 97.4 cm³/mol. The van der Waals surface area contributed by atoms with Crippen LogP contribution in [0.25, 0.3) is 0 Å². The first kappa shape index (κ1) is 17.5. The molecule has 0 fully saturated rings. The van der Waals surface area contributed by atoms with Crippen molar-refractivity contribution in [1.29, 1.82) is 0 Å². The van der Waals surface area contributed by atoms with Crippen molar-refractivity contribution in [1.82, 2.24) is 5.43 Å². The van der Waals surface area contributed by atoms with Crippen LogP contribution in [0.15, 0.2) is 59.7 Å². The topological polar surface area (TPSA) is 53.9 Å². The van der Waals surface area contributed by atoms with Gasteiger partial charge in [0.2, 0.25) is 0 Å². The maximum Gasteiger partial charge on any atom is 0.427 e. The minimum absolute atomic E-state index is 0.324. The number of nitrogens with one attached hydrogen (secondary N) is 1. The molecule has 0 bridgehead atoms. The lowest BCUT2D eigenvalue weighted by molar-refractivity contribution is 0.152. The van der Waals surface area contributed by atoms with E-state index in [0.29, 0.717) is 6.61 Å². The standard InChI is InChI=1S/C19H23N3O2/c1-3-22(15-17-8-6-5-7-9-17)18-12-10-16(11-13-18)14-20-21-19(23)24-4-2/h5-14H,3-4,15H2,1-2H3,(H,21,23)/b20-14+. The van der Waals surface area contributed by atoms with Gasteiger partial charge in [0.25, 0.3) is 0 Å². The number of amides is 1. The van der Waals surface area contributed by atoms with E-state index in [1.165, 1.54) is 5.56 Å². The van der Waals surface area contributed by atoms with Gasteiger partial charge >= 0.3 is 6.09 Å². The Morgan fingerprint density at radius 2 is 1.83 bits per heavy atom. The van der Waals surface area contributed by atoms with Crippen molar-refractivity contribution in [3.63, 3.8) is 0 Å². The highest BCUT2D eigenvalue weighted by molar-refractivity contribution is 5.81. The lowest BCUT2D eigenvalue weighted by Crippen LogP contribution is -2.21. The van der Waals surface area contributed by atoms with Crippen molar-refractivity contribution < 1.29 is 9.53 Å². The first-order chi connectivity index (χ1) is 11.7. The van der Waals surface area contributed by atoms with E-state index in [0.717, 1.165) is 24.3 Å². The van der Waals surface area contributed by atoms with Crippen LogP contribution in [0.5, 0.6) is 0 Å². The van der Waals surface area contributed by atoms with Gasteiger partial charge in [0.05, 0.1) is 12.8 Å². The fraction of sp³-hybridized carbons (Fsp3) is 0.263. The molecule has 24 heavy (non-hydrogen) atoms. The third-order valence-corrected chi connectivity index (χ3v) is 3.50. The summed E-state index contributed by atoms with van der Waals surface area (Å²) < 4.78 is 4.73. The third kappa shape index (κ3) is 5.43. The Morgan fingerprint density at radius 1 is 1.12 bits per heavy atom. The number of carbonyl (C=O) groups is 1. The molecule has 1 N–H and O–H groups in total. The lowest BCUT2D eigenvalue weighted by atomic mass is 10.1. The molecule has 0 saturated heterocycles. The maximum absolute atomic E-state index is 11.1. The highest BCUT2D eigenvalue weighted by Gasteiger charge is 2.05. The van der Waals surface area contributed by atoms with E-state index in [9.17, 15) is 4.79 Å². The predicted octanol–water partition coefficient (Wildman–Crippen LogP) is 3.79. The molecular formula is C19H23N3O2. The Morgan fingerprint density at radius 3 is 2.46 bits per heavy atom. The summed E-state index contributed by atoms with van der Waals surface area (Å²) >= 11 is 0. The number of carbonyl (C=O) groups excluding carboxylic acids is 1. The minimum atomic E-state index is -0.551. The van der Waals surface area contributed by atoms with Crippen LogP contribution in [-0.4, -0.2) is 25.5 Å².